The van der Waals surface area contributed by atoms with Crippen molar-refractivity contribution in [2.75, 3.05) is 18.4 Å². The number of nitrogens with one attached hydrogen (secondary N) is 1. The van der Waals surface area contributed by atoms with Crippen molar-refractivity contribution in [3.63, 3.8) is 0 Å². The zero-order chi connectivity index (χ0) is 19.7. The van der Waals surface area contributed by atoms with Crippen molar-refractivity contribution in [1.29, 1.82) is 0 Å². The minimum atomic E-state index is -3.72. The molecule has 2 aliphatic rings. The van der Waals surface area contributed by atoms with Crippen molar-refractivity contribution in [2.24, 2.45) is 0 Å². The van der Waals surface area contributed by atoms with Crippen LogP contribution in [0.3, 0.4) is 0 Å². The topological polar surface area (TPSA) is 123 Å². The van der Waals surface area contributed by atoms with E-state index in [2.05, 4.69) is 15.4 Å². The molecule has 0 bridgehead atoms. The van der Waals surface area contributed by atoms with Gasteiger partial charge in [0.05, 0.1) is 16.4 Å². The second-order valence-corrected chi connectivity index (χ2v) is 9.08. The Morgan fingerprint density at radius 2 is 2.00 bits per heavy atom. The number of nitro benzene ring substituents is 1. The zero-order valence-corrected chi connectivity index (χ0v) is 16.1. The minimum absolute atomic E-state index is 0.0335. The van der Waals surface area contributed by atoms with E-state index in [0.29, 0.717) is 25.3 Å². The second-order valence-electron chi connectivity index (χ2n) is 7.14. The van der Waals surface area contributed by atoms with Crippen molar-refractivity contribution in [3.8, 4) is 0 Å². The van der Waals surface area contributed by atoms with E-state index in [4.69, 9.17) is 0 Å². The van der Waals surface area contributed by atoms with Gasteiger partial charge in [-0.2, -0.15) is 9.40 Å². The smallest absolute Gasteiger partial charge is 0.293 e. The normalized spacial score (nSPS) is 20.5. The van der Waals surface area contributed by atoms with Gasteiger partial charge in [0, 0.05) is 31.6 Å². The molecule has 4 rings (SSSR count). The van der Waals surface area contributed by atoms with E-state index in [0.717, 1.165) is 44.0 Å². The number of sulfonamides is 1. The highest BCUT2D eigenvalue weighted by Crippen LogP contribution is 2.31. The Morgan fingerprint density at radius 3 is 2.75 bits per heavy atom. The Bertz CT molecular complexity index is 983. The van der Waals surface area contributed by atoms with Crippen molar-refractivity contribution in [1.82, 2.24) is 19.1 Å². The predicted octanol–water partition coefficient (Wildman–Crippen LogP) is 1.79. The molecule has 1 unspecified atom stereocenters. The van der Waals surface area contributed by atoms with E-state index in [1.165, 1.54) is 22.8 Å². The van der Waals surface area contributed by atoms with Gasteiger partial charge in [0.2, 0.25) is 10.0 Å². The van der Waals surface area contributed by atoms with Gasteiger partial charge < -0.3 is 5.32 Å². The summed E-state index contributed by atoms with van der Waals surface area (Å²) in [6, 6.07) is 4.06. The molecule has 0 amide bonds. The zero-order valence-electron chi connectivity index (χ0n) is 15.3. The van der Waals surface area contributed by atoms with Crippen LogP contribution >= 0.6 is 0 Å². The van der Waals surface area contributed by atoms with Crippen LogP contribution in [0.15, 0.2) is 29.4 Å². The molecule has 0 spiro atoms. The molecule has 11 heteroatoms. The average molecular weight is 406 g/mol. The summed E-state index contributed by atoms with van der Waals surface area (Å²) >= 11 is 0. The van der Waals surface area contributed by atoms with Gasteiger partial charge in [0.15, 0.2) is 0 Å². The van der Waals surface area contributed by atoms with Gasteiger partial charge >= 0.3 is 0 Å². The van der Waals surface area contributed by atoms with Crippen LogP contribution in [0.5, 0.6) is 0 Å². The first-order valence-electron chi connectivity index (χ1n) is 9.37. The molecule has 1 saturated heterocycles. The van der Waals surface area contributed by atoms with Gasteiger partial charge in [-0.3, -0.25) is 10.1 Å². The number of hydrogen-bond acceptors (Lipinski definition) is 7. The van der Waals surface area contributed by atoms with E-state index in [-0.39, 0.29) is 16.6 Å². The predicted molar refractivity (Wildman–Crippen MR) is 101 cm³/mol. The number of piperidine rings is 1. The van der Waals surface area contributed by atoms with Gasteiger partial charge in [0.1, 0.15) is 17.8 Å². The molecule has 1 aromatic heterocycles. The van der Waals surface area contributed by atoms with Gasteiger partial charge in [-0.25, -0.2) is 18.1 Å². The average Bonchev–Trinajstić information content (AvgIpc) is 3.16. The lowest BCUT2D eigenvalue weighted by Gasteiger charge is -2.26. The van der Waals surface area contributed by atoms with Crippen LogP contribution in [0.1, 0.15) is 31.5 Å². The highest BCUT2D eigenvalue weighted by atomic mass is 32.2. The Labute approximate surface area is 162 Å². The van der Waals surface area contributed by atoms with Crippen LogP contribution in [0.4, 0.5) is 11.4 Å². The second kappa shape index (κ2) is 7.47. The van der Waals surface area contributed by atoms with Gasteiger partial charge in [-0.05, 0) is 31.4 Å². The number of nitro groups is 1. The van der Waals surface area contributed by atoms with Gasteiger partial charge in [-0.15, -0.1) is 0 Å². The van der Waals surface area contributed by atoms with Gasteiger partial charge in [-0.1, -0.05) is 6.42 Å². The van der Waals surface area contributed by atoms with Crippen LogP contribution in [0.2, 0.25) is 0 Å². The summed E-state index contributed by atoms with van der Waals surface area (Å²) in [6.07, 6.45) is 5.63. The van der Waals surface area contributed by atoms with Crippen molar-refractivity contribution in [3.05, 3.63) is 40.5 Å². The Hall–Kier alpha value is -2.53. The summed E-state index contributed by atoms with van der Waals surface area (Å²) in [5, 5.41) is 18.9. The molecule has 28 heavy (non-hydrogen) atoms. The van der Waals surface area contributed by atoms with Crippen molar-refractivity contribution < 1.29 is 13.3 Å². The maximum absolute atomic E-state index is 12.8. The third kappa shape index (κ3) is 3.59. The summed E-state index contributed by atoms with van der Waals surface area (Å²) in [4.78, 5) is 15.2. The number of anilines is 1. The first-order chi connectivity index (χ1) is 13.4. The molecule has 3 heterocycles. The fourth-order valence-corrected chi connectivity index (χ4v) is 5.31. The number of nitrogens with zero attached hydrogens (tertiary/aromatic N) is 5. The lowest BCUT2D eigenvalue weighted by atomic mass is 10.1. The van der Waals surface area contributed by atoms with E-state index in [1.54, 1.807) is 4.68 Å². The molecule has 0 radical (unpaired) electrons. The number of aryl methyl sites for hydroxylation is 1. The number of hydrogen-bond donors (Lipinski definition) is 1. The Balaban J connectivity index is 1.58. The number of rotatable bonds is 5. The number of aromatic nitrogens is 3. The largest absolute Gasteiger partial charge is 0.375 e. The van der Waals surface area contributed by atoms with E-state index in [1.807, 2.05) is 0 Å². The third-order valence-corrected chi connectivity index (χ3v) is 7.18. The molecule has 1 fully saturated rings. The fourth-order valence-electron chi connectivity index (χ4n) is 3.77. The summed E-state index contributed by atoms with van der Waals surface area (Å²) in [5.41, 5.74) is 0.0821. The maximum atomic E-state index is 12.8. The van der Waals surface area contributed by atoms with E-state index < -0.39 is 14.9 Å². The molecule has 2 aliphatic heterocycles. The highest BCUT2D eigenvalue weighted by Gasteiger charge is 2.29. The number of benzene rings is 1. The molecule has 2 aromatic rings. The Kier molecular flexibility index (Phi) is 5.02. The summed E-state index contributed by atoms with van der Waals surface area (Å²) in [7, 11) is -3.72. The molecular formula is C17H22N6O4S. The highest BCUT2D eigenvalue weighted by molar-refractivity contribution is 7.89. The molecule has 1 N–H and O–H groups in total. The van der Waals surface area contributed by atoms with Crippen molar-refractivity contribution in [2.45, 2.75) is 49.6 Å². The number of fused-ring (bicyclic) bond motifs is 1. The van der Waals surface area contributed by atoms with Crippen LogP contribution in [0, 0.1) is 10.1 Å². The molecule has 1 aromatic carbocycles. The molecule has 1 atom stereocenters. The molecule has 10 nitrogen and oxygen atoms in total. The van der Waals surface area contributed by atoms with Gasteiger partial charge in [0.25, 0.3) is 5.69 Å². The summed E-state index contributed by atoms with van der Waals surface area (Å²) in [6.45, 7) is 1.47. The first kappa shape index (κ1) is 18.8. The minimum Gasteiger partial charge on any atom is -0.375 e. The maximum Gasteiger partial charge on any atom is 0.293 e. The Morgan fingerprint density at radius 1 is 1.21 bits per heavy atom. The quantitative estimate of drug-likeness (QED) is 0.593. The van der Waals surface area contributed by atoms with E-state index >= 15 is 0 Å². The monoisotopic (exact) mass is 406 g/mol. The lowest BCUT2D eigenvalue weighted by Crippen LogP contribution is -2.35. The van der Waals surface area contributed by atoms with Crippen LogP contribution < -0.4 is 5.32 Å². The lowest BCUT2D eigenvalue weighted by molar-refractivity contribution is -0.384. The molecule has 0 saturated carbocycles. The summed E-state index contributed by atoms with van der Waals surface area (Å²) in [5.74, 6) is 0.899. The SMILES string of the molecule is O=[N+]([O-])c1cc(S(=O)(=O)N2CCCCC2)ccc1NC1CCc2ncnn2C1. The first-order valence-corrected chi connectivity index (χ1v) is 10.8. The van der Waals surface area contributed by atoms with E-state index in [9.17, 15) is 18.5 Å². The van der Waals surface area contributed by atoms with Crippen molar-refractivity contribution >= 4 is 21.4 Å². The summed E-state index contributed by atoms with van der Waals surface area (Å²) < 4.78 is 28.9. The van der Waals surface area contributed by atoms with Crippen LogP contribution in [-0.4, -0.2) is 51.5 Å². The molecule has 150 valence electrons. The molecular weight excluding hydrogens is 384 g/mol. The third-order valence-electron chi connectivity index (χ3n) is 5.28. The fraction of sp³-hybridized carbons (Fsp3) is 0.529. The van der Waals surface area contributed by atoms with Crippen LogP contribution in [0.25, 0.3) is 0 Å². The standard InChI is InChI=1S/C17H22N6O4S/c24-23(25)16-10-14(28(26,27)21-8-2-1-3-9-21)5-6-15(16)20-13-4-7-17-18-12-19-22(17)11-13/h5-6,10,12-13,20H,1-4,7-9,11H2. The van der Waals surface area contributed by atoms with Crippen LogP contribution in [-0.2, 0) is 23.0 Å². The molecule has 0 aliphatic carbocycles.